The normalized spacial score (nSPS) is 15.5. The maximum Gasteiger partial charge on any atom is 0.407 e. The fourth-order valence-electron chi connectivity index (χ4n) is 3.82. The van der Waals surface area contributed by atoms with Crippen LogP contribution >= 0.6 is 0 Å². The molecule has 3 rings (SSSR count). The second-order valence-electron chi connectivity index (χ2n) is 9.62. The third kappa shape index (κ3) is 6.58. The number of nitrogens with one attached hydrogen (secondary N) is 3. The smallest absolute Gasteiger partial charge is 0.407 e. The molecule has 0 radical (unpaired) electrons. The van der Waals surface area contributed by atoms with Gasteiger partial charge in [0.2, 0.25) is 0 Å². The maximum atomic E-state index is 14.9. The molecule has 7 nitrogen and oxygen atoms in total. The van der Waals surface area contributed by atoms with E-state index in [2.05, 4.69) is 20.9 Å². The summed E-state index contributed by atoms with van der Waals surface area (Å²) in [7, 11) is 0. The first-order chi connectivity index (χ1) is 15.6. The van der Waals surface area contributed by atoms with Crippen molar-refractivity contribution in [1.29, 1.82) is 5.26 Å². The molecular weight excluding hydrogens is 421 g/mol. The van der Waals surface area contributed by atoms with E-state index in [9.17, 15) is 14.4 Å². The summed E-state index contributed by atoms with van der Waals surface area (Å²) in [4.78, 5) is 16.7. The highest BCUT2D eigenvalue weighted by Crippen LogP contribution is 2.34. The molecule has 1 aromatic heterocycles. The Bertz CT molecular complexity index is 1040. The van der Waals surface area contributed by atoms with Crippen LogP contribution in [0, 0.1) is 30.0 Å². The maximum absolute atomic E-state index is 14.9. The number of carbonyl (C=O) groups excluding carboxylic acids is 1. The number of anilines is 3. The van der Waals surface area contributed by atoms with E-state index >= 15 is 0 Å². The monoisotopic (exact) mass is 453 g/mol. The standard InChI is InChI=1S/C25H32FN5O2/c1-15-8-6-11-19(12-15)29-22-18(14-27)13-20(26)23(31-22)30-21(17-9-7-10-17)16(2)28-24(32)33-25(3,4)5/h6,8,11-13,16-17,21H,7,9-10H2,1-5H3,(H,28,32)(H2,29,30,31)/t16-,21-/m0/s1. The lowest BCUT2D eigenvalue weighted by atomic mass is 9.77. The summed E-state index contributed by atoms with van der Waals surface area (Å²) in [5, 5.41) is 18.7. The number of aryl methyl sites for hydroxylation is 1. The predicted molar refractivity (Wildman–Crippen MR) is 127 cm³/mol. The minimum atomic E-state index is -0.616. The van der Waals surface area contributed by atoms with Crippen LogP contribution in [0.25, 0.3) is 0 Å². The molecule has 1 heterocycles. The average Bonchev–Trinajstić information content (AvgIpc) is 2.66. The van der Waals surface area contributed by atoms with Gasteiger partial charge < -0.3 is 20.7 Å². The highest BCUT2D eigenvalue weighted by Gasteiger charge is 2.34. The molecule has 8 heteroatoms. The van der Waals surface area contributed by atoms with Crippen molar-refractivity contribution in [3.8, 4) is 6.07 Å². The molecule has 0 aliphatic heterocycles. The Morgan fingerprint density at radius 3 is 2.58 bits per heavy atom. The fraction of sp³-hybridized carbons (Fsp3) is 0.480. The summed E-state index contributed by atoms with van der Waals surface area (Å²) in [5.41, 5.74) is 1.30. The van der Waals surface area contributed by atoms with Crippen LogP contribution in [0.2, 0.25) is 0 Å². The van der Waals surface area contributed by atoms with E-state index in [0.717, 1.165) is 30.5 Å². The zero-order chi connectivity index (χ0) is 24.2. The summed E-state index contributed by atoms with van der Waals surface area (Å²) in [6.45, 7) is 9.24. The number of aromatic nitrogens is 1. The minimum absolute atomic E-state index is 0.0406. The van der Waals surface area contributed by atoms with Crippen molar-refractivity contribution in [1.82, 2.24) is 10.3 Å². The Kier molecular flexibility index (Phi) is 7.42. The van der Waals surface area contributed by atoms with Gasteiger partial charge >= 0.3 is 6.09 Å². The number of carbonyl (C=O) groups is 1. The number of nitriles is 1. The van der Waals surface area contributed by atoms with Gasteiger partial charge in [-0.15, -0.1) is 0 Å². The molecule has 0 saturated heterocycles. The number of alkyl carbamates (subject to hydrolysis) is 1. The topological polar surface area (TPSA) is 99.1 Å². The lowest BCUT2D eigenvalue weighted by Gasteiger charge is -2.38. The Labute approximate surface area is 194 Å². The Balaban J connectivity index is 1.83. The first-order valence-corrected chi connectivity index (χ1v) is 11.3. The molecular formula is C25H32FN5O2. The van der Waals surface area contributed by atoms with Gasteiger partial charge in [0, 0.05) is 11.7 Å². The van der Waals surface area contributed by atoms with Gasteiger partial charge in [0.05, 0.1) is 11.6 Å². The van der Waals surface area contributed by atoms with Crippen LogP contribution in [0.15, 0.2) is 30.3 Å². The van der Waals surface area contributed by atoms with Crippen LogP contribution in [0.4, 0.5) is 26.5 Å². The number of amides is 1. The molecule has 1 aliphatic carbocycles. The fourth-order valence-corrected chi connectivity index (χ4v) is 3.82. The molecule has 0 unspecified atom stereocenters. The molecule has 2 atom stereocenters. The van der Waals surface area contributed by atoms with Gasteiger partial charge in [-0.1, -0.05) is 18.6 Å². The van der Waals surface area contributed by atoms with Crippen molar-refractivity contribution in [2.75, 3.05) is 10.6 Å². The number of rotatable bonds is 7. The number of nitrogens with zero attached hydrogens (tertiary/aromatic N) is 2. The van der Waals surface area contributed by atoms with E-state index < -0.39 is 17.5 Å². The predicted octanol–water partition coefficient (Wildman–Crippen LogP) is 5.64. The van der Waals surface area contributed by atoms with E-state index in [1.165, 1.54) is 6.07 Å². The molecule has 176 valence electrons. The summed E-state index contributed by atoms with van der Waals surface area (Å²) in [6.07, 6.45) is 2.52. The molecule has 2 aromatic rings. The Morgan fingerprint density at radius 1 is 1.27 bits per heavy atom. The lowest BCUT2D eigenvalue weighted by Crippen LogP contribution is -2.51. The van der Waals surface area contributed by atoms with E-state index in [1.54, 1.807) is 20.8 Å². The van der Waals surface area contributed by atoms with Crippen LogP contribution in [-0.4, -0.2) is 28.8 Å². The third-order valence-corrected chi connectivity index (χ3v) is 5.62. The van der Waals surface area contributed by atoms with Crippen molar-refractivity contribution in [2.45, 2.75) is 71.6 Å². The second-order valence-corrected chi connectivity index (χ2v) is 9.62. The van der Waals surface area contributed by atoms with Gasteiger partial charge in [0.25, 0.3) is 0 Å². The first-order valence-electron chi connectivity index (χ1n) is 11.3. The average molecular weight is 454 g/mol. The molecule has 3 N–H and O–H groups in total. The van der Waals surface area contributed by atoms with E-state index in [4.69, 9.17) is 4.74 Å². The van der Waals surface area contributed by atoms with Crippen LogP contribution < -0.4 is 16.0 Å². The van der Waals surface area contributed by atoms with E-state index in [1.807, 2.05) is 44.2 Å². The lowest BCUT2D eigenvalue weighted by molar-refractivity contribution is 0.0492. The van der Waals surface area contributed by atoms with Gasteiger partial charge in [-0.05, 0) is 77.1 Å². The van der Waals surface area contributed by atoms with Gasteiger partial charge in [0.15, 0.2) is 17.5 Å². The molecule has 1 aliphatic rings. The van der Waals surface area contributed by atoms with E-state index in [0.29, 0.717) is 0 Å². The van der Waals surface area contributed by atoms with E-state index in [-0.39, 0.29) is 35.2 Å². The molecule has 1 saturated carbocycles. The third-order valence-electron chi connectivity index (χ3n) is 5.62. The number of pyridine rings is 1. The number of hydrogen-bond acceptors (Lipinski definition) is 6. The van der Waals surface area contributed by atoms with Gasteiger partial charge in [-0.25, -0.2) is 14.2 Å². The SMILES string of the molecule is Cc1cccc(Nc2nc(N[C@H](C3CCC3)[C@H](C)NC(=O)OC(C)(C)C)c(F)cc2C#N)c1. The highest BCUT2D eigenvalue weighted by molar-refractivity contribution is 5.68. The number of benzene rings is 1. The Morgan fingerprint density at radius 2 is 2.00 bits per heavy atom. The molecule has 1 aromatic carbocycles. The zero-order valence-corrected chi connectivity index (χ0v) is 19.8. The number of halogens is 1. The second kappa shape index (κ2) is 10.1. The van der Waals surface area contributed by atoms with Crippen molar-refractivity contribution >= 4 is 23.4 Å². The van der Waals surface area contributed by atoms with Crippen molar-refractivity contribution in [2.24, 2.45) is 5.92 Å². The zero-order valence-electron chi connectivity index (χ0n) is 19.8. The Hall–Kier alpha value is -3.34. The van der Waals surface area contributed by atoms with Crippen LogP contribution in [0.1, 0.15) is 58.1 Å². The first kappa shape index (κ1) is 24.3. The summed E-state index contributed by atoms with van der Waals surface area (Å²) in [6, 6.07) is 10.2. The molecule has 1 fully saturated rings. The molecule has 0 spiro atoms. The minimum Gasteiger partial charge on any atom is -0.444 e. The molecule has 0 bridgehead atoms. The molecule has 33 heavy (non-hydrogen) atoms. The quantitative estimate of drug-likeness (QED) is 0.502. The molecule has 1 amide bonds. The summed E-state index contributed by atoms with van der Waals surface area (Å²) >= 11 is 0. The van der Waals surface area contributed by atoms with Crippen LogP contribution in [0.5, 0.6) is 0 Å². The summed E-state index contributed by atoms with van der Waals surface area (Å²) < 4.78 is 20.3. The van der Waals surface area contributed by atoms with Crippen molar-refractivity contribution in [3.63, 3.8) is 0 Å². The number of ether oxygens (including phenoxy) is 1. The van der Waals surface area contributed by atoms with Gasteiger partial charge in [0.1, 0.15) is 11.7 Å². The van der Waals surface area contributed by atoms with Crippen LogP contribution in [0.3, 0.4) is 0 Å². The van der Waals surface area contributed by atoms with Gasteiger partial charge in [-0.2, -0.15) is 5.26 Å². The summed E-state index contributed by atoms with van der Waals surface area (Å²) in [5.74, 6) is -0.0406. The number of hydrogen-bond donors (Lipinski definition) is 3. The largest absolute Gasteiger partial charge is 0.444 e. The highest BCUT2D eigenvalue weighted by atomic mass is 19.1. The van der Waals surface area contributed by atoms with Crippen molar-refractivity contribution in [3.05, 3.63) is 47.3 Å². The van der Waals surface area contributed by atoms with Crippen LogP contribution in [-0.2, 0) is 4.74 Å². The van der Waals surface area contributed by atoms with Crippen molar-refractivity contribution < 1.29 is 13.9 Å². The van der Waals surface area contributed by atoms with Gasteiger partial charge in [-0.3, -0.25) is 0 Å².